The molecule has 0 aromatic carbocycles. The number of methoxy groups -OCH3 is 2. The highest BCUT2D eigenvalue weighted by atomic mass is 32.1. The standard InChI is InChI=1S/C18H29N5O4S/c1-7-11(4)15(22-23-19)16(24)20-12(10(2)3)8-14(26-5)17-21-13(9-28-17)18(25)27-6/h9-12,14-15H,7-8H2,1-6H3,(H,20,24)/t11-,12+,14+,15?/m0/s1. The molecule has 0 aliphatic rings. The lowest BCUT2D eigenvalue weighted by Gasteiger charge is -2.28. The highest BCUT2D eigenvalue weighted by molar-refractivity contribution is 7.09. The first-order valence-electron chi connectivity index (χ1n) is 9.20. The molecular formula is C18H29N5O4S. The van der Waals surface area contributed by atoms with E-state index in [9.17, 15) is 9.59 Å². The number of hydrogen-bond acceptors (Lipinski definition) is 7. The van der Waals surface area contributed by atoms with Crippen molar-refractivity contribution in [2.45, 2.75) is 58.7 Å². The van der Waals surface area contributed by atoms with Crippen molar-refractivity contribution in [1.29, 1.82) is 0 Å². The molecule has 0 saturated heterocycles. The molecule has 10 heteroatoms. The fraction of sp³-hybridized carbons (Fsp3) is 0.722. The summed E-state index contributed by atoms with van der Waals surface area (Å²) in [7, 11) is 2.86. The molecule has 0 fully saturated rings. The summed E-state index contributed by atoms with van der Waals surface area (Å²) in [6, 6.07) is -0.980. The van der Waals surface area contributed by atoms with Crippen LogP contribution in [0.25, 0.3) is 10.4 Å². The Morgan fingerprint density at radius 2 is 2.04 bits per heavy atom. The molecule has 0 aliphatic heterocycles. The van der Waals surface area contributed by atoms with Gasteiger partial charge in [-0.2, -0.15) is 0 Å². The van der Waals surface area contributed by atoms with Gasteiger partial charge in [0.25, 0.3) is 0 Å². The third-order valence-electron chi connectivity index (χ3n) is 4.70. The summed E-state index contributed by atoms with van der Waals surface area (Å²) in [6.07, 6.45) is 0.800. The number of carbonyl (C=O) groups is 2. The van der Waals surface area contributed by atoms with Gasteiger partial charge in [-0.25, -0.2) is 9.78 Å². The summed E-state index contributed by atoms with van der Waals surface area (Å²) in [5, 5.41) is 8.92. The molecule has 0 saturated carbocycles. The van der Waals surface area contributed by atoms with Gasteiger partial charge in [0.2, 0.25) is 5.91 Å². The van der Waals surface area contributed by atoms with Crippen molar-refractivity contribution in [3.8, 4) is 0 Å². The maximum atomic E-state index is 12.7. The van der Waals surface area contributed by atoms with Crippen LogP contribution in [0.1, 0.15) is 62.1 Å². The van der Waals surface area contributed by atoms with E-state index >= 15 is 0 Å². The van der Waals surface area contributed by atoms with Gasteiger partial charge in [0.15, 0.2) is 5.69 Å². The van der Waals surface area contributed by atoms with Crippen LogP contribution < -0.4 is 5.32 Å². The van der Waals surface area contributed by atoms with Crippen LogP contribution in [0.5, 0.6) is 0 Å². The Labute approximate surface area is 169 Å². The summed E-state index contributed by atoms with van der Waals surface area (Å²) >= 11 is 1.31. The molecule has 1 rings (SSSR count). The Balaban J connectivity index is 2.95. The van der Waals surface area contributed by atoms with Crippen LogP contribution in [0.4, 0.5) is 0 Å². The molecule has 28 heavy (non-hydrogen) atoms. The lowest BCUT2D eigenvalue weighted by atomic mass is 9.95. The molecule has 9 nitrogen and oxygen atoms in total. The highest BCUT2D eigenvalue weighted by Crippen LogP contribution is 2.28. The molecule has 1 aromatic heterocycles. The molecule has 4 atom stereocenters. The van der Waals surface area contributed by atoms with E-state index in [1.165, 1.54) is 18.4 Å². The molecular weight excluding hydrogens is 382 g/mol. The summed E-state index contributed by atoms with van der Waals surface area (Å²) in [5.74, 6) is -0.749. The van der Waals surface area contributed by atoms with E-state index in [1.807, 2.05) is 27.7 Å². The summed E-state index contributed by atoms with van der Waals surface area (Å²) in [5.41, 5.74) is 9.02. The molecule has 1 heterocycles. The summed E-state index contributed by atoms with van der Waals surface area (Å²) in [6.45, 7) is 7.81. The van der Waals surface area contributed by atoms with Crippen LogP contribution in [0.15, 0.2) is 10.5 Å². The van der Waals surface area contributed by atoms with E-state index < -0.39 is 18.1 Å². The molecule has 1 N–H and O–H groups in total. The van der Waals surface area contributed by atoms with Crippen molar-refractivity contribution in [2.75, 3.05) is 14.2 Å². The van der Waals surface area contributed by atoms with E-state index in [4.69, 9.17) is 10.3 Å². The third kappa shape index (κ3) is 6.47. The van der Waals surface area contributed by atoms with Gasteiger partial charge in [0.1, 0.15) is 17.2 Å². The predicted octanol–water partition coefficient (Wildman–Crippen LogP) is 3.87. The van der Waals surface area contributed by atoms with Crippen molar-refractivity contribution in [3.63, 3.8) is 0 Å². The van der Waals surface area contributed by atoms with Crippen molar-refractivity contribution in [3.05, 3.63) is 26.5 Å². The average molecular weight is 412 g/mol. The quantitative estimate of drug-likeness (QED) is 0.256. The Morgan fingerprint density at radius 1 is 1.36 bits per heavy atom. The zero-order chi connectivity index (χ0) is 21.3. The number of aromatic nitrogens is 1. The normalized spacial score (nSPS) is 15.2. The maximum absolute atomic E-state index is 12.7. The molecule has 0 spiro atoms. The Hall–Kier alpha value is -2.16. The first-order valence-corrected chi connectivity index (χ1v) is 10.1. The fourth-order valence-electron chi connectivity index (χ4n) is 2.63. The number of nitrogens with one attached hydrogen (secondary N) is 1. The maximum Gasteiger partial charge on any atom is 0.357 e. The minimum atomic E-state index is -0.761. The summed E-state index contributed by atoms with van der Waals surface area (Å²) < 4.78 is 10.2. The van der Waals surface area contributed by atoms with Crippen molar-refractivity contribution >= 4 is 23.2 Å². The average Bonchev–Trinajstić information content (AvgIpc) is 3.17. The molecule has 1 aromatic rings. The second kappa shape index (κ2) is 11.6. The van der Waals surface area contributed by atoms with Gasteiger partial charge < -0.3 is 14.8 Å². The van der Waals surface area contributed by atoms with E-state index in [1.54, 1.807) is 12.5 Å². The van der Waals surface area contributed by atoms with Gasteiger partial charge in [-0.3, -0.25) is 4.79 Å². The van der Waals surface area contributed by atoms with Gasteiger partial charge in [0.05, 0.1) is 7.11 Å². The smallest absolute Gasteiger partial charge is 0.357 e. The Bertz CT molecular complexity index is 702. The fourth-order valence-corrected chi connectivity index (χ4v) is 3.51. The SMILES string of the molecule is CC[C@H](C)C(N=[N+]=[N-])C(=O)N[C@H](C[C@@H](OC)c1nc(C(=O)OC)cs1)C(C)C. The number of nitrogens with zero attached hydrogens (tertiary/aromatic N) is 4. The first-order chi connectivity index (χ1) is 13.3. The Morgan fingerprint density at radius 3 is 2.54 bits per heavy atom. The number of azide groups is 1. The van der Waals surface area contributed by atoms with Crippen molar-refractivity contribution < 1.29 is 19.1 Å². The third-order valence-corrected chi connectivity index (χ3v) is 5.64. The largest absolute Gasteiger partial charge is 0.464 e. The number of rotatable bonds is 11. The van der Waals surface area contributed by atoms with Crippen molar-refractivity contribution in [2.24, 2.45) is 17.0 Å². The number of amides is 1. The molecule has 0 radical (unpaired) electrons. The van der Waals surface area contributed by atoms with E-state index in [-0.39, 0.29) is 29.5 Å². The van der Waals surface area contributed by atoms with E-state index in [2.05, 4.69) is 25.1 Å². The first kappa shape index (κ1) is 23.9. The molecule has 1 amide bonds. The molecule has 0 aliphatic carbocycles. The van der Waals surface area contributed by atoms with Gasteiger partial charge in [-0.1, -0.05) is 39.2 Å². The van der Waals surface area contributed by atoms with Gasteiger partial charge in [-0.05, 0) is 17.4 Å². The minimum absolute atomic E-state index is 0.0662. The van der Waals surface area contributed by atoms with Crippen LogP contribution in [0.2, 0.25) is 0 Å². The zero-order valence-electron chi connectivity index (χ0n) is 17.2. The highest BCUT2D eigenvalue weighted by Gasteiger charge is 2.29. The topological polar surface area (TPSA) is 126 Å². The Kier molecular flexibility index (Phi) is 9.92. The lowest BCUT2D eigenvalue weighted by Crippen LogP contribution is -2.45. The van der Waals surface area contributed by atoms with Crippen LogP contribution in [-0.4, -0.2) is 43.2 Å². The van der Waals surface area contributed by atoms with Gasteiger partial charge in [-0.15, -0.1) is 11.3 Å². The van der Waals surface area contributed by atoms with Crippen LogP contribution in [0, 0.1) is 11.8 Å². The zero-order valence-corrected chi connectivity index (χ0v) is 18.0. The van der Waals surface area contributed by atoms with Gasteiger partial charge >= 0.3 is 5.97 Å². The monoisotopic (exact) mass is 411 g/mol. The van der Waals surface area contributed by atoms with Crippen LogP contribution in [0.3, 0.4) is 0 Å². The van der Waals surface area contributed by atoms with E-state index in [0.717, 1.165) is 6.42 Å². The second-order valence-electron chi connectivity index (χ2n) is 6.92. The van der Waals surface area contributed by atoms with Gasteiger partial charge in [0, 0.05) is 29.9 Å². The molecule has 156 valence electrons. The van der Waals surface area contributed by atoms with Crippen LogP contribution >= 0.6 is 11.3 Å². The number of hydrogen-bond donors (Lipinski definition) is 1. The second-order valence-corrected chi connectivity index (χ2v) is 7.81. The van der Waals surface area contributed by atoms with Crippen LogP contribution in [-0.2, 0) is 14.3 Å². The molecule has 1 unspecified atom stereocenters. The lowest BCUT2D eigenvalue weighted by molar-refractivity contribution is -0.124. The number of ether oxygens (including phenoxy) is 2. The number of thiazole rings is 1. The number of esters is 1. The van der Waals surface area contributed by atoms with Crippen molar-refractivity contribution in [1.82, 2.24) is 10.3 Å². The molecule has 0 bridgehead atoms. The summed E-state index contributed by atoms with van der Waals surface area (Å²) in [4.78, 5) is 31.4. The number of carbonyl (C=O) groups excluding carboxylic acids is 2. The predicted molar refractivity (Wildman–Crippen MR) is 107 cm³/mol. The minimum Gasteiger partial charge on any atom is -0.464 e. The van der Waals surface area contributed by atoms with E-state index in [0.29, 0.717) is 11.4 Å².